The summed E-state index contributed by atoms with van der Waals surface area (Å²) in [5, 5.41) is 0. The highest BCUT2D eigenvalue weighted by Crippen LogP contribution is 2.58. The van der Waals surface area contributed by atoms with E-state index in [1.54, 1.807) is 13.8 Å². The summed E-state index contributed by atoms with van der Waals surface area (Å²) in [4.78, 5) is 11.6. The van der Waals surface area contributed by atoms with Crippen molar-refractivity contribution in [3.63, 3.8) is 0 Å². The van der Waals surface area contributed by atoms with E-state index in [0.29, 0.717) is 19.6 Å². The molecule has 0 aromatic carbocycles. The summed E-state index contributed by atoms with van der Waals surface area (Å²) in [6.07, 6.45) is 1.28. The van der Waals surface area contributed by atoms with E-state index >= 15 is 0 Å². The second kappa shape index (κ2) is 5.24. The van der Waals surface area contributed by atoms with Crippen LogP contribution in [-0.4, -0.2) is 24.7 Å². The van der Waals surface area contributed by atoms with Crippen molar-refractivity contribution in [1.29, 1.82) is 0 Å². The highest BCUT2D eigenvalue weighted by Gasteiger charge is 2.47. The molecule has 0 spiro atoms. The fourth-order valence-electron chi connectivity index (χ4n) is 2.04. The molecule has 1 aliphatic carbocycles. The zero-order chi connectivity index (χ0) is 11.5. The number of Topliss-reactive ketones (excluding diaryl/α,β-unsaturated/α-hetero) is 1. The lowest BCUT2D eigenvalue weighted by atomic mass is 10.1. The number of hydrogen-bond donors (Lipinski definition) is 0. The van der Waals surface area contributed by atoms with Crippen molar-refractivity contribution in [2.24, 2.45) is 5.92 Å². The Labute approximate surface area is 90.9 Å². The average Bonchev–Trinajstić information content (AvgIpc) is 2.47. The third kappa shape index (κ3) is 2.68. The molecule has 0 N–H and O–H groups in total. The van der Waals surface area contributed by atoms with Gasteiger partial charge in [0.25, 0.3) is 0 Å². The first-order chi connectivity index (χ1) is 7.05. The van der Waals surface area contributed by atoms with Gasteiger partial charge in [-0.15, -0.1) is 0 Å². The van der Waals surface area contributed by atoms with Crippen molar-refractivity contribution in [2.75, 3.05) is 13.2 Å². The van der Waals surface area contributed by atoms with E-state index in [4.69, 9.17) is 9.05 Å². The van der Waals surface area contributed by atoms with Gasteiger partial charge in [0.15, 0.2) is 0 Å². The number of rotatable bonds is 5. The Bertz CT molecular complexity index is 267. The Hall–Kier alpha value is -0.180. The quantitative estimate of drug-likeness (QED) is 0.686. The third-order valence-corrected chi connectivity index (χ3v) is 5.39. The molecule has 1 fully saturated rings. The van der Waals surface area contributed by atoms with Gasteiger partial charge in [-0.2, -0.15) is 0 Å². The van der Waals surface area contributed by atoms with E-state index in [2.05, 4.69) is 0 Å². The van der Waals surface area contributed by atoms with Crippen molar-refractivity contribution in [2.45, 2.75) is 39.3 Å². The van der Waals surface area contributed by atoms with Crippen LogP contribution in [0.4, 0.5) is 0 Å². The van der Waals surface area contributed by atoms with Crippen molar-refractivity contribution in [1.82, 2.24) is 0 Å². The summed E-state index contributed by atoms with van der Waals surface area (Å²) in [7, 11) is -3.23. The van der Waals surface area contributed by atoms with E-state index in [9.17, 15) is 9.36 Å². The Balaban J connectivity index is 2.87. The molecule has 0 bridgehead atoms. The van der Waals surface area contributed by atoms with E-state index in [-0.39, 0.29) is 11.7 Å². The van der Waals surface area contributed by atoms with Crippen molar-refractivity contribution < 1.29 is 18.4 Å². The largest absolute Gasteiger partial charge is 0.341 e. The second-order valence-electron chi connectivity index (χ2n) is 3.80. The molecule has 0 unspecified atom stereocenters. The van der Waals surface area contributed by atoms with Crippen LogP contribution in [-0.2, 0) is 18.4 Å². The standard InChI is InChI=1S/C10H19O4P/c1-4-13-15(12,14-5-2)10-8(3)6-7-9(10)11/h8,10H,4-7H2,1-3H3/t8-,10+/m0/s1. The summed E-state index contributed by atoms with van der Waals surface area (Å²) in [6, 6.07) is 0. The Morgan fingerprint density at radius 3 is 2.20 bits per heavy atom. The average molecular weight is 234 g/mol. The lowest BCUT2D eigenvalue weighted by Crippen LogP contribution is -2.22. The summed E-state index contributed by atoms with van der Waals surface area (Å²) >= 11 is 0. The van der Waals surface area contributed by atoms with Gasteiger partial charge in [-0.05, 0) is 26.2 Å². The van der Waals surface area contributed by atoms with E-state index in [1.165, 1.54) is 0 Å². The van der Waals surface area contributed by atoms with Crippen LogP contribution >= 0.6 is 7.60 Å². The van der Waals surface area contributed by atoms with Crippen molar-refractivity contribution in [3.8, 4) is 0 Å². The summed E-state index contributed by atoms with van der Waals surface area (Å²) in [6.45, 7) is 6.08. The molecule has 0 saturated heterocycles. The fraction of sp³-hybridized carbons (Fsp3) is 0.900. The fourth-order valence-corrected chi connectivity index (χ4v) is 4.41. The molecule has 0 aromatic rings. The minimum atomic E-state index is -3.23. The maximum absolute atomic E-state index is 12.4. The van der Waals surface area contributed by atoms with Gasteiger partial charge in [0.1, 0.15) is 11.4 Å². The maximum Gasteiger partial charge on any atom is 0.341 e. The topological polar surface area (TPSA) is 52.6 Å². The van der Waals surface area contributed by atoms with E-state index < -0.39 is 13.3 Å². The molecule has 0 aliphatic heterocycles. The highest BCUT2D eigenvalue weighted by molar-refractivity contribution is 7.55. The predicted molar refractivity (Wildman–Crippen MR) is 58.1 cm³/mol. The smallest absolute Gasteiger partial charge is 0.308 e. The minimum absolute atomic E-state index is 0.0210. The molecule has 1 aliphatic rings. The van der Waals surface area contributed by atoms with E-state index in [1.807, 2.05) is 6.92 Å². The Kier molecular flexibility index (Phi) is 4.50. The van der Waals surface area contributed by atoms with Crippen LogP contribution in [0.3, 0.4) is 0 Å². The number of ketones is 1. The Morgan fingerprint density at radius 2 is 1.87 bits per heavy atom. The number of carbonyl (C=O) groups is 1. The monoisotopic (exact) mass is 234 g/mol. The third-order valence-electron chi connectivity index (χ3n) is 2.67. The maximum atomic E-state index is 12.4. The highest BCUT2D eigenvalue weighted by atomic mass is 31.2. The molecular weight excluding hydrogens is 215 g/mol. The lowest BCUT2D eigenvalue weighted by molar-refractivity contribution is -0.117. The van der Waals surface area contributed by atoms with Crippen LogP contribution in [0.25, 0.3) is 0 Å². The molecule has 15 heavy (non-hydrogen) atoms. The number of carbonyl (C=O) groups excluding carboxylic acids is 1. The molecule has 0 amide bonds. The molecule has 1 rings (SSSR count). The first-order valence-electron chi connectivity index (χ1n) is 5.46. The van der Waals surface area contributed by atoms with Crippen LogP contribution in [0.15, 0.2) is 0 Å². The second-order valence-corrected chi connectivity index (χ2v) is 5.95. The van der Waals surface area contributed by atoms with Crippen LogP contribution < -0.4 is 0 Å². The molecule has 2 atom stereocenters. The van der Waals surface area contributed by atoms with Gasteiger partial charge in [0.05, 0.1) is 13.2 Å². The van der Waals surface area contributed by atoms with Crippen LogP contribution in [0.2, 0.25) is 0 Å². The van der Waals surface area contributed by atoms with Crippen molar-refractivity contribution >= 4 is 13.4 Å². The van der Waals surface area contributed by atoms with Gasteiger partial charge in [-0.3, -0.25) is 9.36 Å². The van der Waals surface area contributed by atoms with E-state index in [0.717, 1.165) is 6.42 Å². The van der Waals surface area contributed by atoms with Gasteiger partial charge in [0, 0.05) is 6.42 Å². The van der Waals surface area contributed by atoms with Crippen LogP contribution in [0.1, 0.15) is 33.6 Å². The Morgan fingerprint density at radius 1 is 1.33 bits per heavy atom. The number of hydrogen-bond acceptors (Lipinski definition) is 4. The normalized spacial score (nSPS) is 27.3. The summed E-state index contributed by atoms with van der Waals surface area (Å²) < 4.78 is 22.8. The lowest BCUT2D eigenvalue weighted by Gasteiger charge is -2.24. The van der Waals surface area contributed by atoms with Gasteiger partial charge in [-0.25, -0.2) is 0 Å². The molecule has 88 valence electrons. The predicted octanol–water partition coefficient (Wildman–Crippen LogP) is 2.62. The SMILES string of the molecule is CCOP(=O)(OCC)[C@H]1C(=O)CC[C@@H]1C. The van der Waals surface area contributed by atoms with Crippen molar-refractivity contribution in [3.05, 3.63) is 0 Å². The first-order valence-corrected chi connectivity index (χ1v) is 7.07. The summed E-state index contributed by atoms with van der Waals surface area (Å²) in [5.41, 5.74) is -0.544. The van der Waals surface area contributed by atoms with Crippen LogP contribution in [0.5, 0.6) is 0 Å². The van der Waals surface area contributed by atoms with Gasteiger partial charge < -0.3 is 9.05 Å². The molecule has 5 heteroatoms. The zero-order valence-corrected chi connectivity index (χ0v) is 10.5. The zero-order valence-electron chi connectivity index (χ0n) is 9.56. The molecule has 1 saturated carbocycles. The molecule has 0 aromatic heterocycles. The van der Waals surface area contributed by atoms with Gasteiger partial charge >= 0.3 is 7.60 Å². The molecule has 4 nitrogen and oxygen atoms in total. The minimum Gasteiger partial charge on any atom is -0.308 e. The van der Waals surface area contributed by atoms with Crippen LogP contribution in [0, 0.1) is 5.92 Å². The summed E-state index contributed by atoms with van der Waals surface area (Å²) in [5.74, 6) is 0.120. The van der Waals surface area contributed by atoms with Gasteiger partial charge in [0.2, 0.25) is 0 Å². The molecule has 0 heterocycles. The van der Waals surface area contributed by atoms with Gasteiger partial charge in [-0.1, -0.05) is 6.92 Å². The molecule has 0 radical (unpaired) electrons. The molecular formula is C10H19O4P. The first kappa shape index (κ1) is 12.9.